The van der Waals surface area contributed by atoms with Gasteiger partial charge in [0.1, 0.15) is 17.9 Å². The van der Waals surface area contributed by atoms with Crippen molar-refractivity contribution < 1.29 is 40.8 Å². The maximum Gasteiger partial charge on any atom is 0.410 e. The number of hydrogen-bond donors (Lipinski definition) is 2. The van der Waals surface area contributed by atoms with Crippen LogP contribution in [0.4, 0.5) is 26.7 Å². The van der Waals surface area contributed by atoms with Crippen LogP contribution in [0.2, 0.25) is 0 Å². The summed E-state index contributed by atoms with van der Waals surface area (Å²) in [7, 11) is 1.37. The molecule has 3 aromatic rings. The molecule has 0 bridgehead atoms. The molecule has 4 heterocycles. The zero-order valence-corrected chi connectivity index (χ0v) is 23.1. The third kappa shape index (κ3) is 6.01. The van der Waals surface area contributed by atoms with Gasteiger partial charge in [0, 0.05) is 31.4 Å². The second-order valence-electron chi connectivity index (χ2n) is 11.5. The average Bonchev–Trinajstić information content (AvgIpc) is 3.33. The normalized spacial score (nSPS) is 22.5. The topological polar surface area (TPSA) is 127 Å². The summed E-state index contributed by atoms with van der Waals surface area (Å²) in [6.07, 6.45) is 1.11. The van der Waals surface area contributed by atoms with E-state index in [9.17, 15) is 31.5 Å². The molecule has 0 spiro atoms. The van der Waals surface area contributed by atoms with Gasteiger partial charge in [0.2, 0.25) is 5.92 Å². The first-order chi connectivity index (χ1) is 20.4. The molecule has 2 saturated carbocycles. The number of carbonyl (C=O) groups is 2. The van der Waals surface area contributed by atoms with Crippen LogP contribution in [0.15, 0.2) is 29.2 Å². The Morgan fingerprint density at radius 1 is 1.26 bits per heavy atom. The number of urea groups is 1. The Morgan fingerprint density at radius 3 is 2.65 bits per heavy atom. The van der Waals surface area contributed by atoms with Crippen molar-refractivity contribution in [3.63, 3.8) is 0 Å². The molecule has 1 aliphatic heterocycles. The van der Waals surface area contributed by atoms with Crippen molar-refractivity contribution in [1.29, 1.82) is 0 Å². The van der Waals surface area contributed by atoms with Crippen molar-refractivity contribution in [2.45, 2.75) is 74.7 Å². The Balaban J connectivity index is 1.29. The molecule has 1 saturated heterocycles. The van der Waals surface area contributed by atoms with Gasteiger partial charge in [-0.3, -0.25) is 4.79 Å². The largest absolute Gasteiger partial charge is 0.410 e. The molecule has 2 aliphatic carbocycles. The van der Waals surface area contributed by atoms with Crippen LogP contribution in [0.1, 0.15) is 83.8 Å². The van der Waals surface area contributed by atoms with E-state index >= 15 is 0 Å². The highest BCUT2D eigenvalue weighted by atomic mass is 19.4. The van der Waals surface area contributed by atoms with E-state index in [0.29, 0.717) is 28.2 Å². The lowest BCUT2D eigenvalue weighted by molar-refractivity contribution is -0.150. The number of rotatable bonds is 9. The second-order valence-corrected chi connectivity index (χ2v) is 11.5. The molecule has 43 heavy (non-hydrogen) atoms. The molecule has 0 radical (unpaired) electrons. The number of nitrogens with one attached hydrogen (secondary N) is 2. The highest BCUT2D eigenvalue weighted by Crippen LogP contribution is 2.43. The van der Waals surface area contributed by atoms with Crippen LogP contribution < -0.4 is 10.6 Å². The Labute approximate surface area is 242 Å². The van der Waals surface area contributed by atoms with Gasteiger partial charge in [-0.25, -0.2) is 23.1 Å². The van der Waals surface area contributed by atoms with Gasteiger partial charge in [0.15, 0.2) is 5.65 Å². The van der Waals surface area contributed by atoms with Crippen LogP contribution in [0.3, 0.4) is 0 Å². The summed E-state index contributed by atoms with van der Waals surface area (Å²) in [5.41, 5.74) is 1.93. The number of halogens is 5. The first kappa shape index (κ1) is 29.3. The van der Waals surface area contributed by atoms with Crippen molar-refractivity contribution in [2.24, 2.45) is 5.92 Å². The van der Waals surface area contributed by atoms with Crippen LogP contribution in [0.5, 0.6) is 0 Å². The van der Waals surface area contributed by atoms with Gasteiger partial charge in [-0.15, -0.1) is 0 Å². The third-order valence-corrected chi connectivity index (χ3v) is 8.42. The molecule has 0 aromatic carbocycles. The van der Waals surface area contributed by atoms with E-state index in [1.54, 1.807) is 12.3 Å². The number of imidazole rings is 1. The number of alkyl halides is 5. The molecule has 2 N–H and O–H groups in total. The quantitative estimate of drug-likeness (QED) is 0.341. The minimum atomic E-state index is -4.61. The first-order valence-corrected chi connectivity index (χ1v) is 14.0. The molecular weight excluding hydrogens is 581 g/mol. The SMILES string of the molecule is COCC(c1cnn2cc(C(NC(=O)c3conc3C3CC3)C3CCC(F)(F)CC3)nc2c1)N1C[C@@H](C(F)(F)F)NC1=O. The summed E-state index contributed by atoms with van der Waals surface area (Å²) in [5, 5.41) is 13.3. The van der Waals surface area contributed by atoms with Crippen LogP contribution in [-0.2, 0) is 4.74 Å². The van der Waals surface area contributed by atoms with Gasteiger partial charge in [-0.05, 0) is 37.7 Å². The highest BCUT2D eigenvalue weighted by Gasteiger charge is 2.48. The zero-order valence-electron chi connectivity index (χ0n) is 23.1. The molecule has 3 aromatic heterocycles. The lowest BCUT2D eigenvalue weighted by atomic mass is 9.81. The van der Waals surface area contributed by atoms with Crippen LogP contribution in [-0.4, -0.2) is 75.0 Å². The van der Waals surface area contributed by atoms with E-state index in [0.717, 1.165) is 17.7 Å². The predicted molar refractivity (Wildman–Crippen MR) is 138 cm³/mol. The third-order valence-electron chi connectivity index (χ3n) is 8.42. The Morgan fingerprint density at radius 2 is 2.00 bits per heavy atom. The summed E-state index contributed by atoms with van der Waals surface area (Å²) < 4.78 is 79.7. The molecular formula is C27H30F5N7O4. The van der Waals surface area contributed by atoms with E-state index in [-0.39, 0.29) is 44.1 Å². The van der Waals surface area contributed by atoms with Crippen molar-refractivity contribution in [3.8, 4) is 0 Å². The highest BCUT2D eigenvalue weighted by molar-refractivity contribution is 5.95. The number of amides is 3. The fourth-order valence-electron chi connectivity index (χ4n) is 5.89. The fraction of sp³-hybridized carbons (Fsp3) is 0.593. The Hall–Kier alpha value is -3.82. The number of aromatic nitrogens is 4. The molecule has 3 atom stereocenters. The molecule has 3 fully saturated rings. The van der Waals surface area contributed by atoms with E-state index in [4.69, 9.17) is 9.26 Å². The van der Waals surface area contributed by atoms with Gasteiger partial charge < -0.3 is 24.8 Å². The first-order valence-electron chi connectivity index (χ1n) is 14.0. The fourth-order valence-corrected chi connectivity index (χ4v) is 5.89. The smallest absolute Gasteiger partial charge is 0.382 e. The lowest BCUT2D eigenvalue weighted by Gasteiger charge is -2.33. The number of carbonyl (C=O) groups excluding carboxylic acids is 2. The van der Waals surface area contributed by atoms with Crippen molar-refractivity contribution in [3.05, 3.63) is 47.2 Å². The number of ether oxygens (including phenoxy) is 1. The molecule has 2 unspecified atom stereocenters. The molecule has 3 amide bonds. The molecule has 16 heteroatoms. The molecule has 6 rings (SSSR count). The monoisotopic (exact) mass is 611 g/mol. The van der Waals surface area contributed by atoms with Gasteiger partial charge in [0.25, 0.3) is 5.91 Å². The summed E-state index contributed by atoms with van der Waals surface area (Å²) >= 11 is 0. The molecule has 11 nitrogen and oxygen atoms in total. The summed E-state index contributed by atoms with van der Waals surface area (Å²) in [5.74, 6) is -3.42. The Bertz CT molecular complexity index is 1490. The van der Waals surface area contributed by atoms with Crippen LogP contribution in [0, 0.1) is 5.92 Å². The minimum absolute atomic E-state index is 0.0968. The van der Waals surface area contributed by atoms with E-state index in [1.807, 2.05) is 5.32 Å². The summed E-state index contributed by atoms with van der Waals surface area (Å²) in [6.45, 7) is -0.701. The second kappa shape index (κ2) is 11.0. The summed E-state index contributed by atoms with van der Waals surface area (Å²) in [4.78, 5) is 31.5. The average molecular weight is 612 g/mol. The maximum atomic E-state index is 14.0. The van der Waals surface area contributed by atoms with Crippen LogP contribution >= 0.6 is 0 Å². The van der Waals surface area contributed by atoms with Crippen molar-refractivity contribution in [1.82, 2.24) is 35.3 Å². The molecule has 232 valence electrons. The van der Waals surface area contributed by atoms with Crippen molar-refractivity contribution >= 4 is 17.6 Å². The zero-order chi connectivity index (χ0) is 30.5. The van der Waals surface area contributed by atoms with Gasteiger partial charge in [-0.1, -0.05) is 5.16 Å². The van der Waals surface area contributed by atoms with Gasteiger partial charge in [-0.2, -0.15) is 18.3 Å². The number of nitrogens with zero attached hydrogens (tertiary/aromatic N) is 5. The predicted octanol–water partition coefficient (Wildman–Crippen LogP) is 4.53. The van der Waals surface area contributed by atoms with E-state index in [1.165, 1.54) is 24.1 Å². The minimum Gasteiger partial charge on any atom is -0.382 e. The van der Waals surface area contributed by atoms with E-state index in [2.05, 4.69) is 20.6 Å². The number of fused-ring (bicyclic) bond motifs is 1. The lowest BCUT2D eigenvalue weighted by Crippen LogP contribution is -2.40. The van der Waals surface area contributed by atoms with Gasteiger partial charge in [0.05, 0.1) is 49.0 Å². The Kier molecular flexibility index (Phi) is 7.50. The molecule has 3 aliphatic rings. The standard InChI is InChI=1S/C27H30F5N7O4/c1-42-13-19(38-11-20(27(30,31)32)35-25(38)41)16-8-21-34-18(10-39(21)33-9-16)23(15-4-6-26(28,29)7-5-15)36-24(40)17-12-43-37-22(17)14-2-3-14/h8-10,12,14-15,19-20,23H,2-7,11,13H2,1H3,(H,35,41)(H,36,40)/t19?,20-,23?/m0/s1. The summed E-state index contributed by atoms with van der Waals surface area (Å²) in [6, 6.07) is -2.95. The number of methoxy groups -OCH3 is 1. The van der Waals surface area contributed by atoms with Gasteiger partial charge >= 0.3 is 12.2 Å². The van der Waals surface area contributed by atoms with Crippen LogP contribution in [0.25, 0.3) is 5.65 Å². The van der Waals surface area contributed by atoms with E-state index < -0.39 is 48.7 Å². The maximum absolute atomic E-state index is 14.0. The van der Waals surface area contributed by atoms with Crippen molar-refractivity contribution in [2.75, 3.05) is 20.3 Å². The number of hydrogen-bond acceptors (Lipinski definition) is 7.